The van der Waals surface area contributed by atoms with E-state index < -0.39 is 29.5 Å². The summed E-state index contributed by atoms with van der Waals surface area (Å²) in [6.07, 6.45) is -0.502. The minimum absolute atomic E-state index is 0.0235. The molecule has 8 nitrogen and oxygen atoms in total. The number of carbonyl (C=O) groups excluding carboxylic acids is 2. The van der Waals surface area contributed by atoms with Gasteiger partial charge in [-0.15, -0.1) is 0 Å². The summed E-state index contributed by atoms with van der Waals surface area (Å²) >= 11 is 0. The van der Waals surface area contributed by atoms with Gasteiger partial charge in [-0.3, -0.25) is 4.79 Å². The number of alkyl halides is 3. The highest BCUT2D eigenvalue weighted by Gasteiger charge is 2.31. The second-order valence-electron chi connectivity index (χ2n) is 12.4. The number of amides is 2. The van der Waals surface area contributed by atoms with Crippen molar-refractivity contribution in [2.24, 2.45) is 0 Å². The fourth-order valence-electron chi connectivity index (χ4n) is 5.01. The van der Waals surface area contributed by atoms with Crippen molar-refractivity contribution in [1.82, 2.24) is 20.6 Å². The van der Waals surface area contributed by atoms with Crippen molar-refractivity contribution in [2.45, 2.75) is 77.2 Å². The average molecular weight is 623 g/mol. The van der Waals surface area contributed by atoms with Crippen molar-refractivity contribution in [3.05, 3.63) is 88.5 Å². The summed E-state index contributed by atoms with van der Waals surface area (Å²) in [5.74, 6) is 0.560. The Labute approximate surface area is 260 Å². The smallest absolute Gasteiger partial charge is 0.416 e. The minimum atomic E-state index is -4.54. The van der Waals surface area contributed by atoms with Crippen LogP contribution in [0.4, 0.5) is 18.0 Å². The number of alkyl carbamates (subject to hydrolysis) is 1. The van der Waals surface area contributed by atoms with Gasteiger partial charge in [0.2, 0.25) is 0 Å². The largest absolute Gasteiger partial charge is 0.444 e. The van der Waals surface area contributed by atoms with Gasteiger partial charge in [0, 0.05) is 18.2 Å². The lowest BCUT2D eigenvalue weighted by Crippen LogP contribution is -2.32. The predicted molar refractivity (Wildman–Crippen MR) is 163 cm³/mol. The Morgan fingerprint density at radius 2 is 1.78 bits per heavy atom. The van der Waals surface area contributed by atoms with E-state index in [1.54, 1.807) is 51.1 Å². The van der Waals surface area contributed by atoms with Crippen LogP contribution in [0.3, 0.4) is 0 Å². The molecule has 1 aliphatic heterocycles. The number of rotatable bonds is 8. The first-order valence-corrected chi connectivity index (χ1v) is 15.0. The first-order valence-electron chi connectivity index (χ1n) is 15.0. The molecule has 0 bridgehead atoms. The second-order valence-corrected chi connectivity index (χ2v) is 12.4. The zero-order chi connectivity index (χ0) is 32.4. The van der Waals surface area contributed by atoms with Crippen molar-refractivity contribution in [1.29, 1.82) is 0 Å². The molecule has 3 aromatic rings. The lowest BCUT2D eigenvalue weighted by Gasteiger charge is -2.20. The molecular weight excluding hydrogens is 585 g/mol. The number of hydrogen-bond acceptors (Lipinski definition) is 6. The first-order chi connectivity index (χ1) is 21.3. The first kappa shape index (κ1) is 32.2. The van der Waals surface area contributed by atoms with Gasteiger partial charge in [0.15, 0.2) is 5.82 Å². The van der Waals surface area contributed by atoms with E-state index in [1.807, 2.05) is 13.0 Å². The number of hydrogen-bond donors (Lipinski definition) is 2. The summed E-state index contributed by atoms with van der Waals surface area (Å²) in [5.41, 5.74) is 2.73. The number of nitrogens with one attached hydrogen (secondary N) is 2. The number of aromatic nitrogens is 2. The molecule has 0 spiro atoms. The molecule has 238 valence electrons. The second kappa shape index (κ2) is 13.0. The number of nitrogens with zero attached hydrogens (tertiary/aromatic N) is 2. The Balaban J connectivity index is 1.34. The van der Waals surface area contributed by atoms with E-state index in [1.165, 1.54) is 6.07 Å². The predicted octanol–water partition coefficient (Wildman–Crippen LogP) is 7.36. The van der Waals surface area contributed by atoms with E-state index >= 15 is 0 Å². The van der Waals surface area contributed by atoms with Gasteiger partial charge in [-0.25, -0.2) is 14.8 Å². The molecule has 11 heteroatoms. The Hall–Kier alpha value is -4.25. The summed E-state index contributed by atoms with van der Waals surface area (Å²) in [4.78, 5) is 34.9. The van der Waals surface area contributed by atoms with Crippen LogP contribution in [0, 0.1) is 0 Å². The molecule has 5 rings (SSSR count). The topological polar surface area (TPSA) is 102 Å². The third-order valence-corrected chi connectivity index (χ3v) is 7.55. The molecule has 1 fully saturated rings. The summed E-state index contributed by atoms with van der Waals surface area (Å²) in [6.45, 7) is 8.05. The number of carbonyl (C=O) groups is 2. The van der Waals surface area contributed by atoms with Crippen molar-refractivity contribution >= 4 is 17.6 Å². The normalized spacial score (nSPS) is 16.0. The van der Waals surface area contributed by atoms with Gasteiger partial charge in [-0.1, -0.05) is 36.4 Å². The van der Waals surface area contributed by atoms with Crippen LogP contribution in [0.25, 0.3) is 16.7 Å². The molecule has 0 unspecified atom stereocenters. The molecule has 1 aromatic heterocycles. The number of halogens is 3. The summed E-state index contributed by atoms with van der Waals surface area (Å²) in [7, 11) is 0. The maximum atomic E-state index is 13.6. The van der Waals surface area contributed by atoms with Gasteiger partial charge in [-0.2, -0.15) is 13.2 Å². The van der Waals surface area contributed by atoms with Crippen LogP contribution in [0.5, 0.6) is 0 Å². The zero-order valence-electron chi connectivity index (χ0n) is 25.8. The number of ether oxygens (including phenoxy) is 2. The van der Waals surface area contributed by atoms with Gasteiger partial charge < -0.3 is 20.1 Å². The Morgan fingerprint density at radius 1 is 1.04 bits per heavy atom. The van der Waals surface area contributed by atoms with Gasteiger partial charge in [0.1, 0.15) is 11.3 Å². The van der Waals surface area contributed by atoms with E-state index in [4.69, 9.17) is 14.5 Å². The highest BCUT2D eigenvalue weighted by Crippen LogP contribution is 2.40. The summed E-state index contributed by atoms with van der Waals surface area (Å²) < 4.78 is 51.5. The van der Waals surface area contributed by atoms with Crippen LogP contribution in [-0.4, -0.2) is 40.8 Å². The molecule has 2 aromatic carbocycles. The third-order valence-electron chi connectivity index (χ3n) is 7.55. The summed E-state index contributed by atoms with van der Waals surface area (Å²) in [5, 5.41) is 5.62. The van der Waals surface area contributed by atoms with E-state index in [-0.39, 0.29) is 12.5 Å². The Bertz CT molecular complexity index is 1590. The third kappa shape index (κ3) is 8.48. The lowest BCUT2D eigenvalue weighted by atomic mass is 9.95. The van der Waals surface area contributed by atoms with E-state index in [2.05, 4.69) is 15.6 Å². The van der Waals surface area contributed by atoms with Crippen LogP contribution >= 0.6 is 0 Å². The standard InChI is InChI=1S/C34H37F3N4O4/c1-20(39-31(42)29-18-28(23-9-10-23)40-30(41-29)24-13-15-44-16-14-24)21-5-7-22(8-6-21)27-17-26(34(35,36)37)12-11-25(27)19-38-32(43)45-33(2,3)4/h5-8,11-13,17-18,20,23H,9-10,14-16,19H2,1-4H3,(H,38,43)(H,39,42)/t20-/m1/s1. The van der Waals surface area contributed by atoms with Gasteiger partial charge >= 0.3 is 12.3 Å². The molecule has 1 atom stereocenters. The van der Waals surface area contributed by atoms with Gasteiger partial charge in [0.05, 0.1) is 24.8 Å². The minimum Gasteiger partial charge on any atom is -0.444 e. The van der Waals surface area contributed by atoms with E-state index in [9.17, 15) is 22.8 Å². The molecule has 2 amide bonds. The van der Waals surface area contributed by atoms with Crippen molar-refractivity contribution in [2.75, 3.05) is 13.2 Å². The SMILES string of the molecule is C[C@@H](NC(=O)c1cc(C2CC2)nc(C2=CCOCC2)n1)c1ccc(-c2cc(C(F)(F)F)ccc2CNC(=O)OC(C)(C)C)cc1. The van der Waals surface area contributed by atoms with Crippen LogP contribution < -0.4 is 10.6 Å². The quantitative estimate of drug-likeness (QED) is 0.272. The average Bonchev–Trinajstić information content (AvgIpc) is 3.85. The Morgan fingerprint density at radius 3 is 2.40 bits per heavy atom. The highest BCUT2D eigenvalue weighted by molar-refractivity contribution is 5.93. The summed E-state index contributed by atoms with van der Waals surface area (Å²) in [6, 6.07) is 11.7. The van der Waals surface area contributed by atoms with Crippen molar-refractivity contribution < 1.29 is 32.2 Å². The van der Waals surface area contributed by atoms with Crippen molar-refractivity contribution in [3.8, 4) is 11.1 Å². The molecule has 0 saturated heterocycles. The maximum absolute atomic E-state index is 13.6. The maximum Gasteiger partial charge on any atom is 0.416 e. The monoisotopic (exact) mass is 622 g/mol. The molecule has 2 aliphatic rings. The molecule has 0 radical (unpaired) electrons. The van der Waals surface area contributed by atoms with Crippen molar-refractivity contribution in [3.63, 3.8) is 0 Å². The molecule has 2 N–H and O–H groups in total. The van der Waals surface area contributed by atoms with E-state index in [0.29, 0.717) is 53.8 Å². The molecular formula is C34H37F3N4O4. The molecule has 1 aliphatic carbocycles. The zero-order valence-corrected chi connectivity index (χ0v) is 25.8. The number of benzene rings is 2. The fourth-order valence-corrected chi connectivity index (χ4v) is 5.01. The Kier molecular flexibility index (Phi) is 9.29. The molecule has 1 saturated carbocycles. The highest BCUT2D eigenvalue weighted by atomic mass is 19.4. The van der Waals surface area contributed by atoms with Crippen LogP contribution in [0.15, 0.2) is 54.6 Å². The van der Waals surface area contributed by atoms with Gasteiger partial charge in [-0.05, 0) is 93.0 Å². The van der Waals surface area contributed by atoms with Crippen LogP contribution in [0.1, 0.15) is 97.6 Å². The molecule has 2 heterocycles. The van der Waals surface area contributed by atoms with Crippen LogP contribution in [-0.2, 0) is 22.2 Å². The fraction of sp³-hybridized carbons (Fsp3) is 0.412. The van der Waals surface area contributed by atoms with Gasteiger partial charge in [0.25, 0.3) is 5.91 Å². The molecule has 45 heavy (non-hydrogen) atoms. The van der Waals surface area contributed by atoms with E-state index in [0.717, 1.165) is 41.8 Å². The van der Waals surface area contributed by atoms with Crippen LogP contribution in [0.2, 0.25) is 0 Å². The lowest BCUT2D eigenvalue weighted by molar-refractivity contribution is -0.137.